The molecular weight excluding hydrogens is 339 g/mol. The van der Waals surface area contributed by atoms with Gasteiger partial charge in [0.1, 0.15) is 5.82 Å². The smallest absolute Gasteiger partial charge is 0.224 e. The van der Waals surface area contributed by atoms with Crippen LogP contribution in [0.3, 0.4) is 0 Å². The summed E-state index contributed by atoms with van der Waals surface area (Å²) in [6, 6.07) is 15.2. The van der Waals surface area contributed by atoms with Crippen LogP contribution in [0.5, 0.6) is 0 Å². The molecule has 0 unspecified atom stereocenters. The molecule has 1 atom stereocenters. The summed E-state index contributed by atoms with van der Waals surface area (Å²) in [5, 5.41) is 3.11. The zero-order valence-electron chi connectivity index (χ0n) is 16.1. The van der Waals surface area contributed by atoms with Gasteiger partial charge in [-0.05, 0) is 62.4 Å². The zero-order valence-corrected chi connectivity index (χ0v) is 16.1. The van der Waals surface area contributed by atoms with E-state index in [1.54, 1.807) is 0 Å². The van der Waals surface area contributed by atoms with Crippen molar-refractivity contribution in [1.82, 2.24) is 10.2 Å². The Balaban J connectivity index is 1.40. The second kappa shape index (κ2) is 9.65. The van der Waals surface area contributed by atoms with Crippen LogP contribution in [0, 0.1) is 18.7 Å². The topological polar surface area (TPSA) is 32.3 Å². The van der Waals surface area contributed by atoms with Crippen molar-refractivity contribution in [2.75, 3.05) is 19.6 Å². The maximum Gasteiger partial charge on any atom is 0.224 e. The Morgan fingerprint density at radius 3 is 2.78 bits per heavy atom. The fourth-order valence-corrected chi connectivity index (χ4v) is 3.78. The largest absolute Gasteiger partial charge is 0.356 e. The summed E-state index contributed by atoms with van der Waals surface area (Å²) in [6.45, 7) is 5.38. The van der Waals surface area contributed by atoms with E-state index in [4.69, 9.17) is 0 Å². The number of nitrogens with one attached hydrogen (secondary N) is 1. The number of carbonyl (C=O) groups excluding carboxylic acids is 1. The molecule has 27 heavy (non-hydrogen) atoms. The second-order valence-electron chi connectivity index (χ2n) is 7.58. The SMILES string of the molecule is Cc1cccc(CCCNC(=O)[C@@H]2CCCN(Cc3ccc(F)cc3)C2)c1. The van der Waals surface area contributed by atoms with Gasteiger partial charge in [-0.15, -0.1) is 0 Å². The Kier molecular flexibility index (Phi) is 6.99. The van der Waals surface area contributed by atoms with Gasteiger partial charge in [0.15, 0.2) is 0 Å². The molecule has 1 fully saturated rings. The number of nitrogens with zero attached hydrogens (tertiary/aromatic N) is 1. The summed E-state index contributed by atoms with van der Waals surface area (Å²) in [7, 11) is 0. The predicted molar refractivity (Wildman–Crippen MR) is 107 cm³/mol. The highest BCUT2D eigenvalue weighted by Crippen LogP contribution is 2.19. The first kappa shape index (κ1) is 19.6. The monoisotopic (exact) mass is 368 g/mol. The van der Waals surface area contributed by atoms with Crippen LogP contribution < -0.4 is 5.32 Å². The van der Waals surface area contributed by atoms with E-state index in [2.05, 4.69) is 41.4 Å². The van der Waals surface area contributed by atoms with Gasteiger partial charge in [-0.2, -0.15) is 0 Å². The quantitative estimate of drug-likeness (QED) is 0.747. The molecule has 1 heterocycles. The first-order chi connectivity index (χ1) is 13.1. The lowest BCUT2D eigenvalue weighted by Crippen LogP contribution is -2.42. The molecule has 0 bridgehead atoms. The second-order valence-corrected chi connectivity index (χ2v) is 7.58. The molecule has 3 rings (SSSR count). The number of likely N-dealkylation sites (tertiary alicyclic amines) is 1. The molecule has 1 N–H and O–H groups in total. The van der Waals surface area contributed by atoms with Gasteiger partial charge in [-0.1, -0.05) is 42.0 Å². The van der Waals surface area contributed by atoms with E-state index in [1.807, 2.05) is 12.1 Å². The number of amides is 1. The van der Waals surface area contributed by atoms with Crippen LogP contribution in [0.4, 0.5) is 4.39 Å². The molecular formula is C23H29FN2O. The Morgan fingerprint density at radius 1 is 1.19 bits per heavy atom. The van der Waals surface area contributed by atoms with E-state index in [0.29, 0.717) is 0 Å². The molecule has 3 nitrogen and oxygen atoms in total. The van der Waals surface area contributed by atoms with E-state index in [9.17, 15) is 9.18 Å². The third-order valence-corrected chi connectivity index (χ3v) is 5.22. The highest BCUT2D eigenvalue weighted by atomic mass is 19.1. The minimum Gasteiger partial charge on any atom is -0.356 e. The summed E-state index contributed by atoms with van der Waals surface area (Å²) < 4.78 is 13.0. The van der Waals surface area contributed by atoms with Crippen LogP contribution in [0.1, 0.15) is 36.0 Å². The molecule has 2 aromatic carbocycles. The number of hydrogen-bond acceptors (Lipinski definition) is 2. The number of piperidine rings is 1. The van der Waals surface area contributed by atoms with Gasteiger partial charge in [-0.3, -0.25) is 9.69 Å². The summed E-state index contributed by atoms with van der Waals surface area (Å²) in [6.07, 6.45) is 3.93. The average molecular weight is 368 g/mol. The molecule has 0 saturated carbocycles. The Bertz CT molecular complexity index is 744. The van der Waals surface area contributed by atoms with Crippen molar-refractivity contribution in [3.05, 3.63) is 71.0 Å². The molecule has 0 radical (unpaired) electrons. The number of benzene rings is 2. The molecule has 0 spiro atoms. The Morgan fingerprint density at radius 2 is 2.00 bits per heavy atom. The molecule has 0 aliphatic carbocycles. The standard InChI is InChI=1S/C23H29FN2O/c1-18-5-2-6-19(15-18)7-3-13-25-23(27)21-8-4-14-26(17-21)16-20-9-11-22(24)12-10-20/h2,5-6,9-12,15,21H,3-4,7-8,13-14,16-17H2,1H3,(H,25,27)/t21-/m1/s1. The summed E-state index contributed by atoms with van der Waals surface area (Å²) >= 11 is 0. The van der Waals surface area contributed by atoms with Gasteiger partial charge in [0.05, 0.1) is 5.92 Å². The van der Waals surface area contributed by atoms with E-state index >= 15 is 0 Å². The summed E-state index contributed by atoms with van der Waals surface area (Å²) in [5.41, 5.74) is 3.70. The van der Waals surface area contributed by atoms with E-state index in [0.717, 1.165) is 57.4 Å². The summed E-state index contributed by atoms with van der Waals surface area (Å²) in [5.74, 6) is 0.0153. The number of halogens is 1. The van der Waals surface area contributed by atoms with Crippen molar-refractivity contribution in [3.63, 3.8) is 0 Å². The van der Waals surface area contributed by atoms with Crippen molar-refractivity contribution < 1.29 is 9.18 Å². The number of carbonyl (C=O) groups is 1. The molecule has 1 aliphatic rings. The Labute approximate surface area is 161 Å². The average Bonchev–Trinajstić information content (AvgIpc) is 2.67. The first-order valence-corrected chi connectivity index (χ1v) is 9.90. The maximum absolute atomic E-state index is 13.0. The minimum absolute atomic E-state index is 0.0539. The van der Waals surface area contributed by atoms with Crippen LogP contribution in [-0.2, 0) is 17.8 Å². The predicted octanol–water partition coefficient (Wildman–Crippen LogP) is 4.10. The lowest BCUT2D eigenvalue weighted by molar-refractivity contribution is -0.126. The lowest BCUT2D eigenvalue weighted by Gasteiger charge is -2.32. The minimum atomic E-state index is -0.208. The van der Waals surface area contributed by atoms with Crippen molar-refractivity contribution in [2.24, 2.45) is 5.92 Å². The van der Waals surface area contributed by atoms with Gasteiger partial charge < -0.3 is 5.32 Å². The van der Waals surface area contributed by atoms with Gasteiger partial charge in [-0.25, -0.2) is 4.39 Å². The fourth-order valence-electron chi connectivity index (χ4n) is 3.78. The molecule has 4 heteroatoms. The Hall–Kier alpha value is -2.20. The molecule has 2 aromatic rings. The normalized spacial score (nSPS) is 17.6. The van der Waals surface area contributed by atoms with Crippen molar-refractivity contribution in [2.45, 2.75) is 39.2 Å². The van der Waals surface area contributed by atoms with E-state index in [1.165, 1.54) is 23.3 Å². The molecule has 1 saturated heterocycles. The number of hydrogen-bond donors (Lipinski definition) is 1. The molecule has 1 amide bonds. The highest BCUT2D eigenvalue weighted by molar-refractivity contribution is 5.78. The van der Waals surface area contributed by atoms with Crippen LogP contribution >= 0.6 is 0 Å². The number of rotatable bonds is 7. The zero-order chi connectivity index (χ0) is 19.1. The molecule has 1 aliphatic heterocycles. The third-order valence-electron chi connectivity index (χ3n) is 5.22. The van der Waals surface area contributed by atoms with Crippen LogP contribution in [-0.4, -0.2) is 30.4 Å². The van der Waals surface area contributed by atoms with Crippen molar-refractivity contribution >= 4 is 5.91 Å². The molecule has 144 valence electrons. The maximum atomic E-state index is 13.0. The van der Waals surface area contributed by atoms with Crippen molar-refractivity contribution in [1.29, 1.82) is 0 Å². The van der Waals surface area contributed by atoms with E-state index in [-0.39, 0.29) is 17.6 Å². The van der Waals surface area contributed by atoms with E-state index < -0.39 is 0 Å². The van der Waals surface area contributed by atoms with Gasteiger partial charge in [0.25, 0.3) is 0 Å². The first-order valence-electron chi connectivity index (χ1n) is 9.90. The van der Waals surface area contributed by atoms with Crippen LogP contribution in [0.25, 0.3) is 0 Å². The highest BCUT2D eigenvalue weighted by Gasteiger charge is 2.25. The van der Waals surface area contributed by atoms with Crippen LogP contribution in [0.2, 0.25) is 0 Å². The van der Waals surface area contributed by atoms with Gasteiger partial charge in [0, 0.05) is 19.6 Å². The lowest BCUT2D eigenvalue weighted by atomic mass is 9.96. The van der Waals surface area contributed by atoms with Crippen molar-refractivity contribution in [3.8, 4) is 0 Å². The third kappa shape index (κ3) is 6.17. The van der Waals surface area contributed by atoms with Crippen LogP contribution in [0.15, 0.2) is 48.5 Å². The van der Waals surface area contributed by atoms with Gasteiger partial charge in [0.2, 0.25) is 5.91 Å². The fraction of sp³-hybridized carbons (Fsp3) is 0.435. The molecule has 0 aromatic heterocycles. The van der Waals surface area contributed by atoms with Gasteiger partial charge >= 0.3 is 0 Å². The summed E-state index contributed by atoms with van der Waals surface area (Å²) in [4.78, 5) is 14.8. The number of aryl methyl sites for hydroxylation is 2.